The number of hydrogen-bond donors (Lipinski definition) is 6. The maximum absolute atomic E-state index is 13.1. The zero-order valence-electron chi connectivity index (χ0n) is 26.5. The average molecular weight is 611 g/mol. The van der Waals surface area contributed by atoms with E-state index >= 15 is 0 Å². The van der Waals surface area contributed by atoms with Crippen molar-refractivity contribution >= 4 is 23.6 Å². The summed E-state index contributed by atoms with van der Waals surface area (Å²) in [6.45, 7) is 6.27. The molecule has 242 valence electrons. The highest BCUT2D eigenvalue weighted by Crippen LogP contribution is 2.21. The number of nitrogens with one attached hydrogen (secondary N) is 4. The minimum atomic E-state index is -1.21. The molecule has 2 aromatic carbocycles. The van der Waals surface area contributed by atoms with Crippen LogP contribution in [0.3, 0.4) is 0 Å². The lowest BCUT2D eigenvalue weighted by Gasteiger charge is -2.18. The van der Waals surface area contributed by atoms with Gasteiger partial charge in [-0.15, -0.1) is 0 Å². The molecule has 6 N–H and O–H groups in total. The van der Waals surface area contributed by atoms with E-state index in [0.717, 1.165) is 81.8 Å². The molecular weight excluding hydrogens is 560 g/mol. The standard InChI is InChI=1S/C34H50N4O6/c1-4-7-10-11-12-13-14-17-26(31(41)35-37-33(43)27-22-24(15-8-5-2)18-20-29(27)39)32(42)36-38-34(44)28-23-25(16-9-6-3)19-21-30(28)40/h18-23,26,39-40H,4-17H2,1-3H3,(H,35,41)(H,36,42)(H,37,43)(H,38,44). The third-order valence-corrected chi connectivity index (χ3v) is 7.58. The summed E-state index contributed by atoms with van der Waals surface area (Å²) in [7, 11) is 0. The summed E-state index contributed by atoms with van der Waals surface area (Å²) in [4.78, 5) is 51.9. The summed E-state index contributed by atoms with van der Waals surface area (Å²) in [6.07, 6.45) is 12.4. The molecule has 0 spiro atoms. The Bertz CT molecular complexity index is 1150. The fourth-order valence-corrected chi connectivity index (χ4v) is 4.84. The second kappa shape index (κ2) is 20.0. The van der Waals surface area contributed by atoms with E-state index in [9.17, 15) is 29.4 Å². The highest BCUT2D eigenvalue weighted by Gasteiger charge is 2.28. The fraction of sp³-hybridized carbons (Fsp3) is 0.529. The lowest BCUT2D eigenvalue weighted by Crippen LogP contribution is -2.51. The van der Waals surface area contributed by atoms with E-state index in [1.54, 1.807) is 24.3 Å². The van der Waals surface area contributed by atoms with Crippen molar-refractivity contribution < 1.29 is 29.4 Å². The predicted molar refractivity (Wildman–Crippen MR) is 171 cm³/mol. The highest BCUT2D eigenvalue weighted by atomic mass is 16.3. The van der Waals surface area contributed by atoms with Gasteiger partial charge in [-0.1, -0.05) is 90.7 Å². The SMILES string of the molecule is CCCCCCCCCC(C(=O)NNC(=O)c1cc(CCCC)ccc1O)C(=O)NNC(=O)c1cc(CCCC)ccc1O. The van der Waals surface area contributed by atoms with E-state index in [-0.39, 0.29) is 29.0 Å². The van der Waals surface area contributed by atoms with Gasteiger partial charge in [-0.25, -0.2) is 0 Å². The molecule has 10 nitrogen and oxygen atoms in total. The molecule has 0 bridgehead atoms. The van der Waals surface area contributed by atoms with Gasteiger partial charge in [0.1, 0.15) is 17.4 Å². The summed E-state index contributed by atoms with van der Waals surface area (Å²) in [5.41, 5.74) is 11.0. The number of unbranched alkanes of at least 4 members (excludes halogenated alkanes) is 8. The van der Waals surface area contributed by atoms with Crippen LogP contribution in [0, 0.1) is 5.92 Å². The summed E-state index contributed by atoms with van der Waals surface area (Å²) in [5.74, 6) is -4.57. The summed E-state index contributed by atoms with van der Waals surface area (Å²) >= 11 is 0. The first-order chi connectivity index (χ1) is 21.2. The molecule has 0 aliphatic rings. The van der Waals surface area contributed by atoms with Crippen LogP contribution in [0.25, 0.3) is 0 Å². The number of rotatable bonds is 18. The Kier molecular flexibility index (Phi) is 16.4. The van der Waals surface area contributed by atoms with Crippen LogP contribution in [0.5, 0.6) is 11.5 Å². The Labute approximate surface area is 261 Å². The number of amides is 4. The van der Waals surface area contributed by atoms with Gasteiger partial charge in [-0.2, -0.15) is 0 Å². The van der Waals surface area contributed by atoms with Gasteiger partial charge >= 0.3 is 0 Å². The first-order valence-electron chi connectivity index (χ1n) is 16.1. The van der Waals surface area contributed by atoms with Crippen LogP contribution in [0.15, 0.2) is 36.4 Å². The van der Waals surface area contributed by atoms with Gasteiger partial charge in [0.2, 0.25) is 0 Å². The van der Waals surface area contributed by atoms with Crippen LogP contribution >= 0.6 is 0 Å². The minimum absolute atomic E-state index is 0.0141. The normalized spacial score (nSPS) is 10.8. The largest absolute Gasteiger partial charge is 0.507 e. The van der Waals surface area contributed by atoms with Crippen LogP contribution < -0.4 is 21.7 Å². The van der Waals surface area contributed by atoms with Crippen molar-refractivity contribution in [1.29, 1.82) is 0 Å². The zero-order valence-corrected chi connectivity index (χ0v) is 26.5. The number of carbonyl (C=O) groups excluding carboxylic acids is 4. The van der Waals surface area contributed by atoms with Gasteiger partial charge in [0, 0.05) is 0 Å². The summed E-state index contributed by atoms with van der Waals surface area (Å²) in [6, 6.07) is 9.54. The van der Waals surface area contributed by atoms with Gasteiger partial charge < -0.3 is 10.2 Å². The van der Waals surface area contributed by atoms with E-state index in [0.29, 0.717) is 6.42 Å². The second-order valence-electron chi connectivity index (χ2n) is 11.3. The summed E-state index contributed by atoms with van der Waals surface area (Å²) in [5, 5.41) is 20.4. The molecule has 0 radical (unpaired) electrons. The quantitative estimate of drug-likeness (QED) is 0.0716. The molecule has 0 aliphatic carbocycles. The van der Waals surface area contributed by atoms with Gasteiger partial charge in [0.05, 0.1) is 11.1 Å². The van der Waals surface area contributed by atoms with Gasteiger partial charge in [0.25, 0.3) is 23.6 Å². The molecule has 44 heavy (non-hydrogen) atoms. The number of benzene rings is 2. The molecule has 2 aromatic rings. The third-order valence-electron chi connectivity index (χ3n) is 7.58. The van der Waals surface area contributed by atoms with Crippen molar-refractivity contribution in [3.63, 3.8) is 0 Å². The lowest BCUT2D eigenvalue weighted by atomic mass is 9.98. The Morgan fingerprint density at radius 3 is 1.41 bits per heavy atom. The van der Waals surface area contributed by atoms with Crippen LogP contribution in [-0.4, -0.2) is 33.8 Å². The Hall–Kier alpha value is -4.08. The topological polar surface area (TPSA) is 157 Å². The second-order valence-corrected chi connectivity index (χ2v) is 11.3. The van der Waals surface area contributed by atoms with E-state index < -0.39 is 29.5 Å². The van der Waals surface area contributed by atoms with Crippen molar-refractivity contribution in [2.75, 3.05) is 0 Å². The predicted octanol–water partition coefficient (Wildman–Crippen LogP) is 5.76. The van der Waals surface area contributed by atoms with Gasteiger partial charge in [0.15, 0.2) is 0 Å². The third kappa shape index (κ3) is 12.3. The van der Waals surface area contributed by atoms with Crippen LogP contribution in [0.4, 0.5) is 0 Å². The molecule has 4 amide bonds. The van der Waals surface area contributed by atoms with E-state index in [1.165, 1.54) is 18.6 Å². The lowest BCUT2D eigenvalue weighted by molar-refractivity contribution is -0.136. The maximum Gasteiger partial charge on any atom is 0.273 e. The number of aryl methyl sites for hydroxylation is 2. The van der Waals surface area contributed by atoms with Crippen molar-refractivity contribution in [3.05, 3.63) is 58.7 Å². The van der Waals surface area contributed by atoms with Crippen LogP contribution in [0.1, 0.15) is 130 Å². The van der Waals surface area contributed by atoms with E-state index in [2.05, 4.69) is 42.5 Å². The van der Waals surface area contributed by atoms with Gasteiger partial charge in [-0.3, -0.25) is 40.9 Å². The molecule has 2 rings (SSSR count). The van der Waals surface area contributed by atoms with Crippen LogP contribution in [-0.2, 0) is 22.4 Å². The highest BCUT2D eigenvalue weighted by molar-refractivity contribution is 6.04. The first-order valence-corrected chi connectivity index (χ1v) is 16.1. The Morgan fingerprint density at radius 2 is 0.977 bits per heavy atom. The Morgan fingerprint density at radius 1 is 0.568 bits per heavy atom. The molecule has 0 aromatic heterocycles. The summed E-state index contributed by atoms with van der Waals surface area (Å²) < 4.78 is 0. The molecule has 0 aliphatic heterocycles. The molecule has 0 atom stereocenters. The van der Waals surface area contributed by atoms with Crippen molar-refractivity contribution in [2.24, 2.45) is 5.92 Å². The first kappa shape index (κ1) is 36.1. The van der Waals surface area contributed by atoms with Crippen molar-refractivity contribution in [1.82, 2.24) is 21.7 Å². The number of aromatic hydroxyl groups is 2. The monoisotopic (exact) mass is 610 g/mol. The van der Waals surface area contributed by atoms with Crippen LogP contribution in [0.2, 0.25) is 0 Å². The number of phenols is 2. The molecule has 0 saturated carbocycles. The number of hydrogen-bond acceptors (Lipinski definition) is 6. The van der Waals surface area contributed by atoms with E-state index in [4.69, 9.17) is 0 Å². The minimum Gasteiger partial charge on any atom is -0.507 e. The molecule has 0 saturated heterocycles. The zero-order chi connectivity index (χ0) is 32.3. The molecule has 0 heterocycles. The molecule has 10 heteroatoms. The number of phenolic OH excluding ortho intramolecular Hbond substituents is 2. The smallest absolute Gasteiger partial charge is 0.273 e. The molecule has 0 unspecified atom stereocenters. The Balaban J connectivity index is 2.06. The number of carbonyl (C=O) groups is 4. The van der Waals surface area contributed by atoms with Gasteiger partial charge in [-0.05, 0) is 67.5 Å². The molecule has 0 fully saturated rings. The van der Waals surface area contributed by atoms with Crippen molar-refractivity contribution in [2.45, 2.75) is 111 Å². The average Bonchev–Trinajstić information content (AvgIpc) is 3.02. The van der Waals surface area contributed by atoms with Crippen molar-refractivity contribution in [3.8, 4) is 11.5 Å². The molecular formula is C34H50N4O6. The fourth-order valence-electron chi connectivity index (χ4n) is 4.84. The van der Waals surface area contributed by atoms with E-state index in [1.807, 2.05) is 0 Å². The maximum atomic E-state index is 13.1. The number of hydrazine groups is 2.